The van der Waals surface area contributed by atoms with Gasteiger partial charge in [0.05, 0.1) is 10.0 Å². The van der Waals surface area contributed by atoms with Crippen LogP contribution in [0.25, 0.3) is 16.8 Å². The molecular weight excluding hydrogens is 357 g/mol. The Morgan fingerprint density at radius 1 is 0.920 bits per heavy atom. The number of esters is 1. The lowest BCUT2D eigenvalue weighted by atomic mass is 10.0. The molecule has 0 saturated carbocycles. The molecule has 0 amide bonds. The molecule has 4 rings (SSSR count). The maximum absolute atomic E-state index is 12.2. The van der Waals surface area contributed by atoms with Gasteiger partial charge in [0.2, 0.25) is 5.90 Å². The van der Waals surface area contributed by atoms with E-state index in [1.54, 1.807) is 24.3 Å². The van der Waals surface area contributed by atoms with E-state index in [9.17, 15) is 4.79 Å². The summed E-state index contributed by atoms with van der Waals surface area (Å²) in [6.07, 6.45) is 1.73. The second kappa shape index (κ2) is 6.36. The summed E-state index contributed by atoms with van der Waals surface area (Å²) in [5.74, 6) is -0.274. The monoisotopic (exact) mass is 367 g/mol. The molecule has 0 N–H and O–H groups in total. The van der Waals surface area contributed by atoms with E-state index in [0.29, 0.717) is 15.6 Å². The van der Waals surface area contributed by atoms with Crippen LogP contribution in [0.4, 0.5) is 0 Å². The lowest BCUT2D eigenvalue weighted by Gasteiger charge is -2.01. The van der Waals surface area contributed by atoms with E-state index in [-0.39, 0.29) is 11.6 Å². The van der Waals surface area contributed by atoms with Crippen LogP contribution in [0.1, 0.15) is 11.1 Å². The van der Waals surface area contributed by atoms with Crippen molar-refractivity contribution in [2.75, 3.05) is 0 Å². The first-order valence-electron chi connectivity index (χ1n) is 7.57. The fraction of sp³-hybridized carbons (Fsp3) is 0. The van der Waals surface area contributed by atoms with E-state index in [4.69, 9.17) is 27.9 Å². The smallest absolute Gasteiger partial charge is 0.363 e. The Bertz CT molecular complexity index is 1060. The third-order valence-corrected chi connectivity index (χ3v) is 4.64. The third-order valence-electron chi connectivity index (χ3n) is 3.90. The molecule has 0 spiro atoms. The summed E-state index contributed by atoms with van der Waals surface area (Å²) in [6.45, 7) is 0. The first kappa shape index (κ1) is 15.9. The van der Waals surface area contributed by atoms with Gasteiger partial charge in [-0.1, -0.05) is 65.7 Å². The zero-order chi connectivity index (χ0) is 17.4. The van der Waals surface area contributed by atoms with Crippen LogP contribution in [0.3, 0.4) is 0 Å². The molecule has 0 aromatic heterocycles. The van der Waals surface area contributed by atoms with Crippen molar-refractivity contribution < 1.29 is 9.53 Å². The number of hydrogen-bond acceptors (Lipinski definition) is 3. The fourth-order valence-electron chi connectivity index (χ4n) is 2.69. The van der Waals surface area contributed by atoms with Gasteiger partial charge < -0.3 is 4.74 Å². The number of halogens is 2. The highest BCUT2D eigenvalue weighted by Gasteiger charge is 2.24. The van der Waals surface area contributed by atoms with Gasteiger partial charge in [-0.2, -0.15) is 0 Å². The van der Waals surface area contributed by atoms with Gasteiger partial charge in [-0.15, -0.1) is 0 Å². The zero-order valence-electron chi connectivity index (χ0n) is 12.9. The minimum atomic E-state index is -0.492. The lowest BCUT2D eigenvalue weighted by Crippen LogP contribution is -2.05. The Hall–Kier alpha value is -2.62. The van der Waals surface area contributed by atoms with Crippen molar-refractivity contribution in [2.45, 2.75) is 0 Å². The molecule has 0 fully saturated rings. The van der Waals surface area contributed by atoms with E-state index in [1.807, 2.05) is 42.5 Å². The van der Waals surface area contributed by atoms with Gasteiger partial charge in [-0.3, -0.25) is 0 Å². The Balaban J connectivity index is 1.77. The number of carbonyl (C=O) groups is 1. The summed E-state index contributed by atoms with van der Waals surface area (Å²) in [6, 6.07) is 18.8. The molecule has 3 aromatic rings. The molecule has 3 aromatic carbocycles. The number of benzene rings is 3. The predicted octanol–water partition coefficient (Wildman–Crippen LogP) is 5.49. The zero-order valence-corrected chi connectivity index (χ0v) is 14.4. The standard InChI is InChI=1S/C20H11Cl2NO2/c21-16-9-8-14(10-17(16)22)19-23-18(20(24)25-19)11-13-6-3-5-12-4-1-2-7-15(12)13/h1-11H/b18-11-. The Labute approximate surface area is 154 Å². The van der Waals surface area contributed by atoms with E-state index < -0.39 is 5.97 Å². The van der Waals surface area contributed by atoms with Crippen LogP contribution in [-0.2, 0) is 9.53 Å². The van der Waals surface area contributed by atoms with Crippen LogP contribution in [0.5, 0.6) is 0 Å². The highest BCUT2D eigenvalue weighted by atomic mass is 35.5. The first-order valence-corrected chi connectivity index (χ1v) is 8.33. The molecule has 0 radical (unpaired) electrons. The molecule has 25 heavy (non-hydrogen) atoms. The van der Waals surface area contributed by atoms with E-state index >= 15 is 0 Å². The quantitative estimate of drug-likeness (QED) is 0.443. The number of rotatable bonds is 2. The van der Waals surface area contributed by atoms with Crippen molar-refractivity contribution in [1.29, 1.82) is 0 Å². The number of fused-ring (bicyclic) bond motifs is 1. The first-order chi connectivity index (χ1) is 12.1. The number of hydrogen-bond donors (Lipinski definition) is 0. The Morgan fingerprint density at radius 2 is 1.72 bits per heavy atom. The minimum Gasteiger partial charge on any atom is -0.402 e. The molecule has 0 aliphatic carbocycles. The normalized spacial score (nSPS) is 15.5. The van der Waals surface area contributed by atoms with Gasteiger partial charge in [0.15, 0.2) is 5.70 Å². The molecule has 0 bridgehead atoms. The van der Waals surface area contributed by atoms with Crippen molar-refractivity contribution in [2.24, 2.45) is 4.99 Å². The molecule has 0 unspecified atom stereocenters. The largest absolute Gasteiger partial charge is 0.402 e. The Kier molecular flexibility index (Phi) is 4.04. The van der Waals surface area contributed by atoms with Crippen LogP contribution in [-0.4, -0.2) is 11.9 Å². The molecule has 1 aliphatic heterocycles. The van der Waals surface area contributed by atoms with Gasteiger partial charge in [0.25, 0.3) is 0 Å². The molecule has 5 heteroatoms. The fourth-order valence-corrected chi connectivity index (χ4v) is 2.98. The predicted molar refractivity (Wildman–Crippen MR) is 101 cm³/mol. The second-order valence-electron chi connectivity index (χ2n) is 5.53. The minimum absolute atomic E-state index is 0.218. The van der Waals surface area contributed by atoms with Crippen molar-refractivity contribution in [3.8, 4) is 0 Å². The van der Waals surface area contributed by atoms with Crippen molar-refractivity contribution in [3.63, 3.8) is 0 Å². The van der Waals surface area contributed by atoms with Crippen molar-refractivity contribution in [3.05, 3.63) is 87.5 Å². The van der Waals surface area contributed by atoms with Crippen LogP contribution in [0.15, 0.2) is 71.4 Å². The van der Waals surface area contributed by atoms with Crippen LogP contribution < -0.4 is 0 Å². The summed E-state index contributed by atoms with van der Waals surface area (Å²) in [5.41, 5.74) is 1.76. The summed E-state index contributed by atoms with van der Waals surface area (Å²) in [5, 5.41) is 2.95. The summed E-state index contributed by atoms with van der Waals surface area (Å²) < 4.78 is 5.28. The molecule has 0 atom stereocenters. The Morgan fingerprint density at radius 3 is 2.56 bits per heavy atom. The van der Waals surface area contributed by atoms with Gasteiger partial charge in [0.1, 0.15) is 0 Å². The lowest BCUT2D eigenvalue weighted by molar-refractivity contribution is -0.129. The molecule has 0 saturated heterocycles. The maximum Gasteiger partial charge on any atom is 0.363 e. The topological polar surface area (TPSA) is 38.7 Å². The number of cyclic esters (lactones) is 1. The second-order valence-corrected chi connectivity index (χ2v) is 6.35. The van der Waals surface area contributed by atoms with Gasteiger partial charge in [-0.25, -0.2) is 9.79 Å². The SMILES string of the molecule is O=C1OC(c2ccc(Cl)c(Cl)c2)=N/C1=C\c1cccc2ccccc12. The van der Waals surface area contributed by atoms with Gasteiger partial charge >= 0.3 is 5.97 Å². The van der Waals surface area contributed by atoms with Crippen LogP contribution in [0, 0.1) is 0 Å². The van der Waals surface area contributed by atoms with E-state index in [1.165, 1.54) is 0 Å². The van der Waals surface area contributed by atoms with Crippen molar-refractivity contribution in [1.82, 2.24) is 0 Å². The van der Waals surface area contributed by atoms with Gasteiger partial charge in [-0.05, 0) is 40.6 Å². The maximum atomic E-state index is 12.2. The van der Waals surface area contributed by atoms with Crippen LogP contribution in [0.2, 0.25) is 10.0 Å². The van der Waals surface area contributed by atoms with Crippen LogP contribution >= 0.6 is 23.2 Å². The van der Waals surface area contributed by atoms with Gasteiger partial charge in [0, 0.05) is 5.56 Å². The molecule has 1 aliphatic rings. The number of carbonyl (C=O) groups excluding carboxylic acids is 1. The average Bonchev–Trinajstić information content (AvgIpc) is 2.98. The van der Waals surface area contributed by atoms with E-state index in [2.05, 4.69) is 4.99 Å². The molecular formula is C20H11Cl2NO2. The molecule has 3 nitrogen and oxygen atoms in total. The summed E-state index contributed by atoms with van der Waals surface area (Å²) >= 11 is 11.9. The van der Waals surface area contributed by atoms with Crippen molar-refractivity contribution >= 4 is 51.9 Å². The molecule has 122 valence electrons. The highest BCUT2D eigenvalue weighted by molar-refractivity contribution is 6.42. The number of ether oxygens (including phenoxy) is 1. The number of nitrogens with zero attached hydrogens (tertiary/aromatic N) is 1. The average molecular weight is 368 g/mol. The summed E-state index contributed by atoms with van der Waals surface area (Å²) in [7, 11) is 0. The third kappa shape index (κ3) is 3.04. The number of aliphatic imine (C=N–C) groups is 1. The van der Waals surface area contributed by atoms with E-state index in [0.717, 1.165) is 16.3 Å². The highest BCUT2D eigenvalue weighted by Crippen LogP contribution is 2.27. The molecule has 1 heterocycles. The summed E-state index contributed by atoms with van der Waals surface area (Å²) in [4.78, 5) is 16.5.